The van der Waals surface area contributed by atoms with Gasteiger partial charge in [-0.2, -0.15) is 0 Å². The number of likely N-dealkylation sites (N-methyl/N-ethyl adjacent to an activating group) is 1. The van der Waals surface area contributed by atoms with Crippen molar-refractivity contribution >= 4 is 34.9 Å². The molecule has 5 heterocycles. The number of hydrogen-bond acceptors (Lipinski definition) is 9. The van der Waals surface area contributed by atoms with Crippen LogP contribution in [0.2, 0.25) is 0 Å². The highest BCUT2D eigenvalue weighted by atomic mass is 16.5. The van der Waals surface area contributed by atoms with E-state index in [0.29, 0.717) is 34.8 Å². The van der Waals surface area contributed by atoms with Gasteiger partial charge in [0, 0.05) is 67.8 Å². The second-order valence-electron chi connectivity index (χ2n) is 13.2. The molecule has 0 aliphatic carbocycles. The van der Waals surface area contributed by atoms with Gasteiger partial charge in [0.25, 0.3) is 5.91 Å². The number of ether oxygens (including phenoxy) is 2. The highest BCUT2D eigenvalue weighted by molar-refractivity contribution is 6.00. The van der Waals surface area contributed by atoms with Gasteiger partial charge >= 0.3 is 6.03 Å². The Morgan fingerprint density at radius 2 is 1.36 bits per heavy atom. The Morgan fingerprint density at radius 3 is 1.98 bits per heavy atom. The first kappa shape index (κ1) is 31.3. The third kappa shape index (κ3) is 7.04. The third-order valence-corrected chi connectivity index (χ3v) is 9.53. The molecule has 12 nitrogen and oxygen atoms in total. The molecule has 4 aliphatic heterocycles. The number of morpholine rings is 2. The number of rotatable bonds is 6. The molecular weight excluding hydrogens is 596 g/mol. The zero-order chi connectivity index (χ0) is 32.5. The van der Waals surface area contributed by atoms with Crippen molar-refractivity contribution in [3.8, 4) is 11.4 Å². The fourth-order valence-corrected chi connectivity index (χ4v) is 7.10. The molecule has 47 heavy (non-hydrogen) atoms. The molecule has 4 atom stereocenters. The molecule has 4 fully saturated rings. The lowest BCUT2D eigenvalue weighted by atomic mass is 10.1. The molecule has 0 saturated carbocycles. The van der Waals surface area contributed by atoms with Crippen molar-refractivity contribution in [2.24, 2.45) is 0 Å². The number of carbonyl (C=O) groups is 2. The van der Waals surface area contributed by atoms with E-state index in [4.69, 9.17) is 19.4 Å². The number of aromatic nitrogens is 2. The van der Waals surface area contributed by atoms with Crippen molar-refractivity contribution in [2.75, 3.05) is 80.0 Å². The number of nitrogens with one attached hydrogen (secondary N) is 2. The van der Waals surface area contributed by atoms with Crippen LogP contribution in [-0.2, 0) is 9.47 Å². The molecule has 0 spiro atoms. The highest BCUT2D eigenvalue weighted by Gasteiger charge is 2.39. The van der Waals surface area contributed by atoms with Crippen LogP contribution in [0, 0.1) is 0 Å². The minimum absolute atomic E-state index is 0.0159. The van der Waals surface area contributed by atoms with Crippen LogP contribution in [0.15, 0.2) is 54.6 Å². The Balaban J connectivity index is 1.04. The number of anilines is 4. The number of carbonyl (C=O) groups excluding carboxylic acids is 2. The minimum atomic E-state index is -0.366. The van der Waals surface area contributed by atoms with Crippen molar-refractivity contribution in [3.63, 3.8) is 0 Å². The molecule has 1 aromatic heterocycles. The summed E-state index contributed by atoms with van der Waals surface area (Å²) < 4.78 is 11.9. The standard InChI is InChI=1S/C35H44N8O4/c1-23-19-42(20-24(2)47-23)31-18-32(43-29-12-13-30(43)22-46-21-29)39-33(38-31)25-4-8-27(9-5-25)36-35(45)37-28-10-6-26(7-11-28)34(44)41-16-14-40(3)15-17-41/h4-11,18,23-24,29-30H,12-17,19-22H2,1-3H3,(H2,36,37,45)/t23-,24+,29?,30?. The van der Waals surface area contributed by atoms with Gasteiger partial charge in [0.1, 0.15) is 11.6 Å². The van der Waals surface area contributed by atoms with Crippen molar-refractivity contribution in [2.45, 2.75) is 51.0 Å². The van der Waals surface area contributed by atoms with E-state index in [-0.39, 0.29) is 24.1 Å². The molecule has 2 bridgehead atoms. The maximum Gasteiger partial charge on any atom is 0.323 e. The number of piperazine rings is 1. The highest BCUT2D eigenvalue weighted by Crippen LogP contribution is 2.36. The molecule has 4 saturated heterocycles. The summed E-state index contributed by atoms with van der Waals surface area (Å²) in [6.07, 6.45) is 2.43. The normalized spacial score (nSPS) is 24.7. The van der Waals surface area contributed by atoms with E-state index in [2.05, 4.69) is 52.3 Å². The first-order valence-electron chi connectivity index (χ1n) is 16.7. The summed E-state index contributed by atoms with van der Waals surface area (Å²) >= 11 is 0. The second-order valence-corrected chi connectivity index (χ2v) is 13.2. The van der Waals surface area contributed by atoms with Crippen LogP contribution in [0.3, 0.4) is 0 Å². The van der Waals surface area contributed by atoms with E-state index in [1.165, 1.54) is 0 Å². The Labute approximate surface area is 276 Å². The molecule has 2 aromatic carbocycles. The third-order valence-electron chi connectivity index (χ3n) is 9.53. The van der Waals surface area contributed by atoms with Crippen molar-refractivity contribution in [3.05, 3.63) is 60.2 Å². The second kappa shape index (κ2) is 13.5. The summed E-state index contributed by atoms with van der Waals surface area (Å²) in [5, 5.41) is 5.76. The molecule has 248 valence electrons. The lowest BCUT2D eigenvalue weighted by Crippen LogP contribution is -2.47. The lowest BCUT2D eigenvalue weighted by molar-refractivity contribution is -0.00546. The van der Waals surface area contributed by atoms with E-state index < -0.39 is 0 Å². The fraction of sp³-hybridized carbons (Fsp3) is 0.486. The van der Waals surface area contributed by atoms with Crippen LogP contribution in [0.5, 0.6) is 0 Å². The maximum atomic E-state index is 12.9. The Kier molecular flexibility index (Phi) is 8.98. The summed E-state index contributed by atoms with van der Waals surface area (Å²) in [5.74, 6) is 2.50. The molecule has 4 aliphatic rings. The molecule has 7 rings (SSSR count). The van der Waals surface area contributed by atoms with Gasteiger partial charge in [-0.1, -0.05) is 0 Å². The monoisotopic (exact) mass is 640 g/mol. The smallest absolute Gasteiger partial charge is 0.323 e. The van der Waals surface area contributed by atoms with Gasteiger partial charge in [-0.05, 0) is 82.3 Å². The van der Waals surface area contributed by atoms with Crippen LogP contribution in [0.4, 0.5) is 27.8 Å². The minimum Gasteiger partial charge on any atom is -0.377 e. The Hall–Kier alpha value is -4.26. The quantitative estimate of drug-likeness (QED) is 0.410. The van der Waals surface area contributed by atoms with Crippen LogP contribution in [0.1, 0.15) is 37.0 Å². The van der Waals surface area contributed by atoms with Crippen molar-refractivity contribution in [1.29, 1.82) is 0 Å². The average Bonchev–Trinajstić information content (AvgIpc) is 3.32. The van der Waals surface area contributed by atoms with Crippen LogP contribution < -0.4 is 20.4 Å². The van der Waals surface area contributed by atoms with E-state index in [1.54, 1.807) is 24.3 Å². The Morgan fingerprint density at radius 1 is 0.787 bits per heavy atom. The SMILES string of the molecule is C[C@@H]1CN(c2cc(N3C4CCC3COC4)nc(-c3ccc(NC(=O)Nc4ccc(C(=O)N5CCN(C)CC5)cc4)cc3)n2)C[C@H](C)O1. The van der Waals surface area contributed by atoms with E-state index in [0.717, 1.165) is 82.5 Å². The van der Waals surface area contributed by atoms with Crippen molar-refractivity contribution < 1.29 is 19.1 Å². The van der Waals surface area contributed by atoms with Gasteiger partial charge in [0.2, 0.25) is 0 Å². The van der Waals surface area contributed by atoms with E-state index >= 15 is 0 Å². The number of urea groups is 1. The fourth-order valence-electron chi connectivity index (χ4n) is 7.10. The first-order valence-corrected chi connectivity index (χ1v) is 16.7. The lowest BCUT2D eigenvalue weighted by Gasteiger charge is -2.38. The Bertz CT molecular complexity index is 1550. The van der Waals surface area contributed by atoms with Gasteiger partial charge in [-0.15, -0.1) is 0 Å². The number of amides is 3. The van der Waals surface area contributed by atoms with E-state index in [1.807, 2.05) is 29.2 Å². The van der Waals surface area contributed by atoms with Gasteiger partial charge in [-0.25, -0.2) is 14.8 Å². The van der Waals surface area contributed by atoms with Crippen LogP contribution in [-0.4, -0.2) is 116 Å². The summed E-state index contributed by atoms with van der Waals surface area (Å²) in [5.41, 5.74) is 2.74. The van der Waals surface area contributed by atoms with Gasteiger partial charge in [0.05, 0.1) is 37.5 Å². The summed E-state index contributed by atoms with van der Waals surface area (Å²) in [7, 11) is 2.06. The predicted octanol–water partition coefficient (Wildman–Crippen LogP) is 4.16. The first-order chi connectivity index (χ1) is 22.8. The number of nitrogens with zero attached hydrogens (tertiary/aromatic N) is 6. The van der Waals surface area contributed by atoms with Gasteiger partial charge in [0.15, 0.2) is 5.82 Å². The summed E-state index contributed by atoms with van der Waals surface area (Å²) in [6, 6.07) is 17.0. The number of hydrogen-bond donors (Lipinski definition) is 2. The zero-order valence-corrected chi connectivity index (χ0v) is 27.4. The molecule has 0 radical (unpaired) electrons. The summed E-state index contributed by atoms with van der Waals surface area (Å²) in [4.78, 5) is 44.6. The number of fused-ring (bicyclic) bond motifs is 2. The molecular formula is C35H44N8O4. The van der Waals surface area contributed by atoms with Gasteiger partial charge in [-0.3, -0.25) is 4.79 Å². The molecule has 3 amide bonds. The topological polar surface area (TPSA) is 115 Å². The number of benzene rings is 2. The van der Waals surface area contributed by atoms with Crippen molar-refractivity contribution in [1.82, 2.24) is 19.8 Å². The largest absolute Gasteiger partial charge is 0.377 e. The molecule has 3 aromatic rings. The zero-order valence-electron chi connectivity index (χ0n) is 27.4. The molecule has 2 N–H and O–H groups in total. The van der Waals surface area contributed by atoms with Crippen LogP contribution in [0.25, 0.3) is 11.4 Å². The average molecular weight is 641 g/mol. The summed E-state index contributed by atoms with van der Waals surface area (Å²) in [6.45, 7) is 10.4. The van der Waals surface area contributed by atoms with E-state index in [9.17, 15) is 9.59 Å². The maximum absolute atomic E-state index is 12.9. The van der Waals surface area contributed by atoms with Gasteiger partial charge < -0.3 is 39.7 Å². The molecule has 2 unspecified atom stereocenters. The molecule has 12 heteroatoms. The van der Waals surface area contributed by atoms with Crippen LogP contribution >= 0.6 is 0 Å². The predicted molar refractivity (Wildman–Crippen MR) is 182 cm³/mol.